The van der Waals surface area contributed by atoms with E-state index in [-0.39, 0.29) is 23.4 Å². The first-order valence-electron chi connectivity index (χ1n) is 6.14. The third kappa shape index (κ3) is 5.56. The highest BCUT2D eigenvalue weighted by Crippen LogP contribution is 2.19. The molecule has 0 heterocycles. The molecule has 0 aliphatic rings. The lowest BCUT2D eigenvalue weighted by Crippen LogP contribution is -2.33. The van der Waals surface area contributed by atoms with E-state index in [0.29, 0.717) is 12.1 Å². The van der Waals surface area contributed by atoms with Crippen LogP contribution in [-0.4, -0.2) is 23.7 Å². The van der Waals surface area contributed by atoms with Crippen LogP contribution in [0.2, 0.25) is 0 Å². The van der Waals surface area contributed by atoms with E-state index in [1.54, 1.807) is 0 Å². The number of carbonyl (C=O) groups is 2. The molecule has 0 spiro atoms. The number of urea groups is 1. The van der Waals surface area contributed by atoms with Crippen molar-refractivity contribution in [2.75, 3.05) is 11.9 Å². The zero-order valence-electron chi connectivity index (χ0n) is 11.0. The maximum Gasteiger partial charge on any atom is 0.319 e. The lowest BCUT2D eigenvalue weighted by atomic mass is 10.0. The van der Waals surface area contributed by atoms with E-state index in [1.165, 1.54) is 18.2 Å². The molecule has 1 aromatic carbocycles. The Bertz CT molecular complexity index is 497. The van der Waals surface area contributed by atoms with Crippen LogP contribution in [0.5, 0.6) is 0 Å². The molecule has 0 saturated carbocycles. The summed E-state index contributed by atoms with van der Waals surface area (Å²) in [4.78, 5) is 22.2. The topological polar surface area (TPSA) is 78.4 Å². The molecule has 1 atom stereocenters. The highest BCUT2D eigenvalue weighted by atomic mass is 79.9. The van der Waals surface area contributed by atoms with Gasteiger partial charge in [0, 0.05) is 18.7 Å². The van der Waals surface area contributed by atoms with E-state index in [2.05, 4.69) is 26.6 Å². The summed E-state index contributed by atoms with van der Waals surface area (Å²) in [5.74, 6) is -1.41. The maximum absolute atomic E-state index is 13.0. The summed E-state index contributed by atoms with van der Waals surface area (Å²) in [5.41, 5.74) is 0.446. The number of hydrogen-bond donors (Lipinski definition) is 3. The SMILES string of the molecule is CCC(CNC(=O)Nc1ccc(F)c(Br)c1)CC(=O)O. The van der Waals surface area contributed by atoms with Gasteiger partial charge in [-0.05, 0) is 40.0 Å². The minimum Gasteiger partial charge on any atom is -0.481 e. The van der Waals surface area contributed by atoms with Gasteiger partial charge in [0.25, 0.3) is 0 Å². The van der Waals surface area contributed by atoms with E-state index in [0.717, 1.165) is 0 Å². The lowest BCUT2D eigenvalue weighted by Gasteiger charge is -2.14. The van der Waals surface area contributed by atoms with Crippen LogP contribution < -0.4 is 10.6 Å². The predicted molar refractivity (Wildman–Crippen MR) is 77.2 cm³/mol. The first-order chi connectivity index (χ1) is 9.42. The third-order valence-electron chi connectivity index (χ3n) is 2.77. The Morgan fingerprint density at radius 2 is 2.15 bits per heavy atom. The Labute approximate surface area is 124 Å². The van der Waals surface area contributed by atoms with Crippen molar-refractivity contribution in [2.24, 2.45) is 5.92 Å². The average Bonchev–Trinajstić information content (AvgIpc) is 2.38. The number of aliphatic carboxylic acids is 1. The Balaban J connectivity index is 2.46. The van der Waals surface area contributed by atoms with Gasteiger partial charge in [-0.2, -0.15) is 0 Å². The number of nitrogens with one attached hydrogen (secondary N) is 2. The summed E-state index contributed by atoms with van der Waals surface area (Å²) in [6, 6.07) is 3.67. The number of halogens is 2. The number of carbonyl (C=O) groups excluding carboxylic acids is 1. The van der Waals surface area contributed by atoms with Crippen molar-refractivity contribution in [2.45, 2.75) is 19.8 Å². The number of carboxylic acids is 1. The predicted octanol–water partition coefficient (Wildman–Crippen LogP) is 3.21. The second-order valence-corrected chi connectivity index (χ2v) is 5.19. The van der Waals surface area contributed by atoms with E-state index >= 15 is 0 Å². The monoisotopic (exact) mass is 346 g/mol. The van der Waals surface area contributed by atoms with Crippen LogP contribution >= 0.6 is 15.9 Å². The van der Waals surface area contributed by atoms with Gasteiger partial charge in [-0.3, -0.25) is 4.79 Å². The first kappa shape index (κ1) is 16.4. The fraction of sp³-hybridized carbons (Fsp3) is 0.385. The summed E-state index contributed by atoms with van der Waals surface area (Å²) < 4.78 is 13.3. The van der Waals surface area contributed by atoms with Crippen LogP contribution in [0.3, 0.4) is 0 Å². The number of benzene rings is 1. The minimum atomic E-state index is -0.887. The second kappa shape index (κ2) is 7.84. The van der Waals surface area contributed by atoms with Gasteiger partial charge >= 0.3 is 12.0 Å². The Morgan fingerprint density at radius 3 is 2.70 bits per heavy atom. The number of rotatable bonds is 6. The Morgan fingerprint density at radius 1 is 1.45 bits per heavy atom. The number of carboxylic acid groups (broad SMARTS) is 1. The van der Waals surface area contributed by atoms with Crippen molar-refractivity contribution >= 4 is 33.6 Å². The van der Waals surface area contributed by atoms with E-state index in [9.17, 15) is 14.0 Å². The van der Waals surface area contributed by atoms with Gasteiger partial charge in [0.15, 0.2) is 0 Å². The van der Waals surface area contributed by atoms with Gasteiger partial charge in [-0.15, -0.1) is 0 Å². The third-order valence-corrected chi connectivity index (χ3v) is 3.38. The number of anilines is 1. The molecule has 0 radical (unpaired) electrons. The zero-order chi connectivity index (χ0) is 15.1. The summed E-state index contributed by atoms with van der Waals surface area (Å²) in [6.45, 7) is 2.14. The molecule has 0 aliphatic carbocycles. The average molecular weight is 347 g/mol. The normalized spacial score (nSPS) is 11.8. The van der Waals surface area contributed by atoms with Gasteiger partial charge in [0.1, 0.15) is 5.82 Å². The van der Waals surface area contributed by atoms with Crippen molar-refractivity contribution in [1.82, 2.24) is 5.32 Å². The largest absolute Gasteiger partial charge is 0.481 e. The Hall–Kier alpha value is -1.63. The van der Waals surface area contributed by atoms with Crippen LogP contribution in [0.15, 0.2) is 22.7 Å². The molecule has 1 unspecified atom stereocenters. The summed E-state index contributed by atoms with van der Waals surface area (Å²) in [5, 5.41) is 13.9. The fourth-order valence-electron chi connectivity index (χ4n) is 1.59. The van der Waals surface area contributed by atoms with E-state index < -0.39 is 17.8 Å². The molecule has 5 nitrogen and oxygen atoms in total. The molecule has 0 saturated heterocycles. The van der Waals surface area contributed by atoms with Gasteiger partial charge < -0.3 is 15.7 Å². The molecule has 110 valence electrons. The molecule has 0 aromatic heterocycles. The number of amides is 2. The van der Waals surface area contributed by atoms with Gasteiger partial charge in [-0.1, -0.05) is 13.3 Å². The molecule has 0 aliphatic heterocycles. The molecule has 1 rings (SSSR count). The molecule has 1 aromatic rings. The molecular formula is C13H16BrFN2O3. The van der Waals surface area contributed by atoms with Gasteiger partial charge in [0.2, 0.25) is 0 Å². The van der Waals surface area contributed by atoms with Gasteiger partial charge in [-0.25, -0.2) is 9.18 Å². The van der Waals surface area contributed by atoms with Crippen LogP contribution in [-0.2, 0) is 4.79 Å². The van der Waals surface area contributed by atoms with Crippen LogP contribution in [0.4, 0.5) is 14.9 Å². The van der Waals surface area contributed by atoms with Crippen LogP contribution in [0, 0.1) is 11.7 Å². The highest BCUT2D eigenvalue weighted by molar-refractivity contribution is 9.10. The van der Waals surface area contributed by atoms with Crippen molar-refractivity contribution in [3.05, 3.63) is 28.5 Å². The first-order valence-corrected chi connectivity index (χ1v) is 6.93. The lowest BCUT2D eigenvalue weighted by molar-refractivity contribution is -0.138. The minimum absolute atomic E-state index is 0.0128. The highest BCUT2D eigenvalue weighted by Gasteiger charge is 2.12. The van der Waals surface area contributed by atoms with Crippen molar-refractivity contribution in [1.29, 1.82) is 0 Å². The Kier molecular flexibility index (Phi) is 6.44. The molecular weight excluding hydrogens is 331 g/mol. The molecule has 20 heavy (non-hydrogen) atoms. The summed E-state index contributed by atoms with van der Waals surface area (Å²) >= 11 is 3.02. The molecule has 0 fully saturated rings. The number of hydrogen-bond acceptors (Lipinski definition) is 2. The molecule has 7 heteroatoms. The van der Waals surface area contributed by atoms with Crippen molar-refractivity contribution < 1.29 is 19.1 Å². The fourth-order valence-corrected chi connectivity index (χ4v) is 1.97. The quantitative estimate of drug-likeness (QED) is 0.739. The van der Waals surface area contributed by atoms with Crippen molar-refractivity contribution in [3.63, 3.8) is 0 Å². The van der Waals surface area contributed by atoms with E-state index in [4.69, 9.17) is 5.11 Å². The summed E-state index contributed by atoms with van der Waals surface area (Å²) in [7, 11) is 0. The van der Waals surface area contributed by atoms with Crippen LogP contribution in [0.25, 0.3) is 0 Å². The van der Waals surface area contributed by atoms with E-state index in [1.807, 2.05) is 6.92 Å². The zero-order valence-corrected chi connectivity index (χ0v) is 12.5. The van der Waals surface area contributed by atoms with Crippen molar-refractivity contribution in [3.8, 4) is 0 Å². The van der Waals surface area contributed by atoms with Gasteiger partial charge in [0.05, 0.1) is 4.47 Å². The standard InChI is InChI=1S/C13H16BrFN2O3/c1-2-8(5-12(18)19)7-16-13(20)17-9-3-4-11(15)10(14)6-9/h3-4,6,8H,2,5,7H2,1H3,(H,18,19)(H2,16,17,20). The molecule has 2 amide bonds. The molecule has 0 bridgehead atoms. The van der Waals surface area contributed by atoms with Crippen LogP contribution in [0.1, 0.15) is 19.8 Å². The maximum atomic E-state index is 13.0. The smallest absolute Gasteiger partial charge is 0.319 e. The summed E-state index contributed by atoms with van der Waals surface area (Å²) in [6.07, 6.45) is 0.674. The molecule has 3 N–H and O–H groups in total. The second-order valence-electron chi connectivity index (χ2n) is 4.34.